The SMILES string of the molecule is CC(C)c1cc(-c2ccccc2)n(-c2ccc(F)cc2)c1. The van der Waals surface area contributed by atoms with E-state index in [9.17, 15) is 4.39 Å². The van der Waals surface area contributed by atoms with Crippen LogP contribution in [-0.4, -0.2) is 4.57 Å². The Morgan fingerprint density at radius 3 is 2.19 bits per heavy atom. The van der Waals surface area contributed by atoms with Gasteiger partial charge in [-0.25, -0.2) is 4.39 Å². The zero-order chi connectivity index (χ0) is 14.8. The van der Waals surface area contributed by atoms with Crippen LogP contribution in [-0.2, 0) is 0 Å². The van der Waals surface area contributed by atoms with Gasteiger partial charge in [0, 0.05) is 11.9 Å². The van der Waals surface area contributed by atoms with Crippen molar-refractivity contribution in [3.8, 4) is 16.9 Å². The monoisotopic (exact) mass is 279 g/mol. The molecule has 0 N–H and O–H groups in total. The van der Waals surface area contributed by atoms with E-state index in [4.69, 9.17) is 0 Å². The molecule has 3 aromatic rings. The van der Waals surface area contributed by atoms with Gasteiger partial charge in [-0.15, -0.1) is 0 Å². The van der Waals surface area contributed by atoms with Gasteiger partial charge in [0.25, 0.3) is 0 Å². The number of rotatable bonds is 3. The molecule has 0 fully saturated rings. The van der Waals surface area contributed by atoms with Gasteiger partial charge in [-0.3, -0.25) is 0 Å². The van der Waals surface area contributed by atoms with Crippen LogP contribution in [0.1, 0.15) is 25.3 Å². The Balaban J connectivity index is 2.16. The summed E-state index contributed by atoms with van der Waals surface area (Å²) in [5, 5.41) is 0. The van der Waals surface area contributed by atoms with Crippen molar-refractivity contribution in [1.29, 1.82) is 0 Å². The van der Waals surface area contributed by atoms with Gasteiger partial charge >= 0.3 is 0 Å². The standard InChI is InChI=1S/C19H18FN/c1-14(2)16-12-19(15-6-4-3-5-7-15)21(13-16)18-10-8-17(20)9-11-18/h3-14H,1-2H3. The van der Waals surface area contributed by atoms with Gasteiger partial charge in [0.1, 0.15) is 5.82 Å². The molecule has 0 radical (unpaired) electrons. The first kappa shape index (κ1) is 13.6. The first-order valence-electron chi connectivity index (χ1n) is 7.19. The predicted octanol–water partition coefficient (Wildman–Crippen LogP) is 5.41. The summed E-state index contributed by atoms with van der Waals surface area (Å²) in [5.74, 6) is 0.241. The Bertz CT molecular complexity index is 724. The maximum atomic E-state index is 13.2. The smallest absolute Gasteiger partial charge is 0.123 e. The average Bonchev–Trinajstić information content (AvgIpc) is 2.94. The van der Waals surface area contributed by atoms with Crippen LogP contribution in [0.15, 0.2) is 66.9 Å². The van der Waals surface area contributed by atoms with Gasteiger partial charge in [0.05, 0.1) is 5.69 Å². The fraction of sp³-hybridized carbons (Fsp3) is 0.158. The first-order valence-corrected chi connectivity index (χ1v) is 7.19. The van der Waals surface area contributed by atoms with E-state index >= 15 is 0 Å². The topological polar surface area (TPSA) is 4.93 Å². The van der Waals surface area contributed by atoms with E-state index < -0.39 is 0 Å². The Labute approximate surface area is 124 Å². The highest BCUT2D eigenvalue weighted by Gasteiger charge is 2.11. The average molecular weight is 279 g/mol. The number of halogens is 1. The lowest BCUT2D eigenvalue weighted by atomic mass is 10.1. The second kappa shape index (κ2) is 5.57. The normalized spacial score (nSPS) is 11.0. The lowest BCUT2D eigenvalue weighted by Crippen LogP contribution is -1.95. The maximum Gasteiger partial charge on any atom is 0.123 e. The predicted molar refractivity (Wildman–Crippen MR) is 85.3 cm³/mol. The van der Waals surface area contributed by atoms with Crippen LogP contribution in [0.4, 0.5) is 4.39 Å². The van der Waals surface area contributed by atoms with Crippen molar-refractivity contribution in [3.05, 3.63) is 78.2 Å². The Morgan fingerprint density at radius 1 is 0.905 bits per heavy atom. The summed E-state index contributed by atoms with van der Waals surface area (Å²) in [6.45, 7) is 4.36. The summed E-state index contributed by atoms with van der Waals surface area (Å²) < 4.78 is 15.3. The lowest BCUT2D eigenvalue weighted by Gasteiger charge is -2.09. The second-order valence-electron chi connectivity index (χ2n) is 5.53. The Hall–Kier alpha value is -2.35. The molecule has 1 nitrogen and oxygen atoms in total. The third kappa shape index (κ3) is 2.75. The molecule has 2 heteroatoms. The van der Waals surface area contributed by atoms with Crippen molar-refractivity contribution >= 4 is 0 Å². The molecule has 1 heterocycles. The van der Waals surface area contributed by atoms with Crippen LogP contribution >= 0.6 is 0 Å². The first-order chi connectivity index (χ1) is 10.1. The highest BCUT2D eigenvalue weighted by atomic mass is 19.1. The number of aromatic nitrogens is 1. The number of nitrogens with zero attached hydrogens (tertiary/aromatic N) is 1. The molecule has 0 saturated heterocycles. The van der Waals surface area contributed by atoms with E-state index in [-0.39, 0.29) is 5.82 Å². The van der Waals surface area contributed by atoms with Gasteiger partial charge in [-0.1, -0.05) is 44.2 Å². The van der Waals surface area contributed by atoms with Crippen molar-refractivity contribution in [3.63, 3.8) is 0 Å². The third-order valence-electron chi connectivity index (χ3n) is 3.68. The van der Waals surface area contributed by atoms with Gasteiger partial charge in [-0.05, 0) is 47.4 Å². The van der Waals surface area contributed by atoms with Crippen LogP contribution in [0.5, 0.6) is 0 Å². The van der Waals surface area contributed by atoms with Crippen molar-refractivity contribution < 1.29 is 4.39 Å². The summed E-state index contributed by atoms with van der Waals surface area (Å²) in [7, 11) is 0. The molecule has 0 bridgehead atoms. The molecule has 0 unspecified atom stereocenters. The second-order valence-corrected chi connectivity index (χ2v) is 5.53. The molecule has 0 aliphatic heterocycles. The molecule has 0 saturated carbocycles. The minimum atomic E-state index is -0.212. The molecule has 0 atom stereocenters. The van der Waals surface area contributed by atoms with Gasteiger partial charge in [-0.2, -0.15) is 0 Å². The molecule has 106 valence electrons. The summed E-state index contributed by atoms with van der Waals surface area (Å²) in [4.78, 5) is 0. The summed E-state index contributed by atoms with van der Waals surface area (Å²) in [5.41, 5.74) is 4.54. The Morgan fingerprint density at radius 2 is 1.57 bits per heavy atom. The summed E-state index contributed by atoms with van der Waals surface area (Å²) >= 11 is 0. The fourth-order valence-corrected chi connectivity index (χ4v) is 2.45. The third-order valence-corrected chi connectivity index (χ3v) is 3.68. The minimum absolute atomic E-state index is 0.212. The van der Waals surface area contributed by atoms with E-state index in [1.54, 1.807) is 0 Å². The molecular formula is C19H18FN. The highest BCUT2D eigenvalue weighted by molar-refractivity contribution is 5.64. The van der Waals surface area contributed by atoms with E-state index in [0.29, 0.717) is 5.92 Å². The zero-order valence-corrected chi connectivity index (χ0v) is 12.3. The van der Waals surface area contributed by atoms with Crippen LogP contribution < -0.4 is 0 Å². The van der Waals surface area contributed by atoms with Gasteiger partial charge in [0.2, 0.25) is 0 Å². The largest absolute Gasteiger partial charge is 0.316 e. The molecule has 0 amide bonds. The van der Waals surface area contributed by atoms with Gasteiger partial charge < -0.3 is 4.57 Å². The highest BCUT2D eigenvalue weighted by Crippen LogP contribution is 2.29. The zero-order valence-electron chi connectivity index (χ0n) is 12.3. The lowest BCUT2D eigenvalue weighted by molar-refractivity contribution is 0.627. The Kier molecular flexibility index (Phi) is 3.61. The van der Waals surface area contributed by atoms with Crippen molar-refractivity contribution in [1.82, 2.24) is 4.57 Å². The molecule has 3 rings (SSSR count). The molecule has 1 aromatic heterocycles. The van der Waals surface area contributed by atoms with E-state index in [0.717, 1.165) is 16.9 Å². The van der Waals surface area contributed by atoms with E-state index in [1.807, 2.05) is 30.3 Å². The number of hydrogen-bond acceptors (Lipinski definition) is 0. The molecule has 0 spiro atoms. The molecule has 21 heavy (non-hydrogen) atoms. The number of benzene rings is 2. The summed E-state index contributed by atoms with van der Waals surface area (Å²) in [6.07, 6.45) is 2.14. The van der Waals surface area contributed by atoms with E-state index in [1.165, 1.54) is 17.7 Å². The molecule has 0 aliphatic carbocycles. The molecule has 2 aromatic carbocycles. The molecular weight excluding hydrogens is 261 g/mol. The van der Waals surface area contributed by atoms with Crippen LogP contribution in [0, 0.1) is 5.82 Å². The molecule has 0 aliphatic rings. The maximum absolute atomic E-state index is 13.2. The van der Waals surface area contributed by atoms with Crippen molar-refractivity contribution in [2.45, 2.75) is 19.8 Å². The van der Waals surface area contributed by atoms with Crippen LogP contribution in [0.2, 0.25) is 0 Å². The van der Waals surface area contributed by atoms with Gasteiger partial charge in [0.15, 0.2) is 0 Å². The van der Waals surface area contributed by atoms with E-state index in [2.05, 4.69) is 42.8 Å². The quantitative estimate of drug-likeness (QED) is 0.604. The van der Waals surface area contributed by atoms with Crippen LogP contribution in [0.3, 0.4) is 0 Å². The van der Waals surface area contributed by atoms with Crippen LogP contribution in [0.25, 0.3) is 16.9 Å². The summed E-state index contributed by atoms with van der Waals surface area (Å²) in [6, 6.07) is 19.1. The minimum Gasteiger partial charge on any atom is -0.316 e. The van der Waals surface area contributed by atoms with Crippen molar-refractivity contribution in [2.24, 2.45) is 0 Å². The van der Waals surface area contributed by atoms with Crippen molar-refractivity contribution in [2.75, 3.05) is 0 Å². The fourth-order valence-electron chi connectivity index (χ4n) is 2.45. The number of hydrogen-bond donors (Lipinski definition) is 0.